The molecule has 2 rings (SSSR count). The number of hydrogen-bond acceptors (Lipinski definition) is 4. The van der Waals surface area contributed by atoms with Gasteiger partial charge in [0, 0.05) is 5.69 Å². The van der Waals surface area contributed by atoms with Gasteiger partial charge in [-0.1, -0.05) is 32.0 Å². The zero-order valence-corrected chi connectivity index (χ0v) is 17.9. The lowest BCUT2D eigenvalue weighted by Crippen LogP contribution is -2.45. The number of hydrogen-bond donors (Lipinski definition) is 2. The average molecular weight is 443 g/mol. The predicted molar refractivity (Wildman–Crippen MR) is 108 cm³/mol. The molecular formula is C21H24F3NO4S. The second kappa shape index (κ2) is 8.39. The fourth-order valence-corrected chi connectivity index (χ4v) is 4.44. The van der Waals surface area contributed by atoms with Crippen LogP contribution < -0.4 is 5.32 Å². The van der Waals surface area contributed by atoms with Gasteiger partial charge in [-0.3, -0.25) is 4.79 Å². The number of amides is 1. The van der Waals surface area contributed by atoms with E-state index in [1.807, 2.05) is 13.8 Å². The van der Waals surface area contributed by atoms with Crippen LogP contribution >= 0.6 is 0 Å². The van der Waals surface area contributed by atoms with E-state index in [1.54, 1.807) is 12.1 Å². The number of carbonyl (C=O) groups excluding carboxylic acids is 1. The minimum atomic E-state index is -4.61. The van der Waals surface area contributed by atoms with Gasteiger partial charge in [-0.2, -0.15) is 13.2 Å². The molecule has 30 heavy (non-hydrogen) atoms. The van der Waals surface area contributed by atoms with Crippen LogP contribution in [0.4, 0.5) is 18.9 Å². The van der Waals surface area contributed by atoms with Crippen molar-refractivity contribution in [1.82, 2.24) is 0 Å². The van der Waals surface area contributed by atoms with Crippen molar-refractivity contribution >= 4 is 21.4 Å². The smallest absolute Gasteiger partial charge is 0.379 e. The van der Waals surface area contributed by atoms with Gasteiger partial charge in [0.05, 0.1) is 16.2 Å². The predicted octanol–water partition coefficient (Wildman–Crippen LogP) is 4.30. The minimum Gasteiger partial charge on any atom is -0.379 e. The molecule has 2 aromatic carbocycles. The van der Waals surface area contributed by atoms with Crippen molar-refractivity contribution < 1.29 is 31.5 Å². The zero-order valence-electron chi connectivity index (χ0n) is 17.0. The lowest BCUT2D eigenvalue weighted by atomic mass is 10.0. The molecule has 164 valence electrons. The summed E-state index contributed by atoms with van der Waals surface area (Å²) in [6.07, 6.45) is -4.61. The Morgan fingerprint density at radius 3 is 2.17 bits per heavy atom. The van der Waals surface area contributed by atoms with E-state index in [4.69, 9.17) is 0 Å². The molecule has 0 aliphatic carbocycles. The monoisotopic (exact) mass is 443 g/mol. The second-order valence-corrected chi connectivity index (χ2v) is 9.73. The molecule has 0 saturated heterocycles. The first-order chi connectivity index (χ1) is 13.6. The molecule has 1 amide bonds. The lowest BCUT2D eigenvalue weighted by molar-refractivity contribution is -0.138. The topological polar surface area (TPSA) is 83.5 Å². The summed E-state index contributed by atoms with van der Waals surface area (Å²) in [5.74, 6) is -1.85. The molecule has 0 aliphatic heterocycles. The van der Waals surface area contributed by atoms with Crippen LogP contribution in [0.3, 0.4) is 0 Å². The highest BCUT2D eigenvalue weighted by Gasteiger charge is 2.37. The van der Waals surface area contributed by atoms with Crippen molar-refractivity contribution in [1.29, 1.82) is 0 Å². The Bertz CT molecular complexity index is 1030. The summed E-state index contributed by atoms with van der Waals surface area (Å²) in [7, 11) is -4.03. The molecule has 9 heteroatoms. The second-order valence-electron chi connectivity index (χ2n) is 7.74. The number of aliphatic hydroxyl groups is 1. The standard InChI is InChI=1S/C21H24F3NO4S/c1-13(2)15-6-9-17(10-7-15)30(28,29)12-20(4,27)19(26)25-16-8-5-14(3)18(11-16)21(22,23)24/h5-11,13,27H,12H2,1-4H3,(H,25,26). The molecule has 0 saturated carbocycles. The van der Waals surface area contributed by atoms with Gasteiger partial charge in [0.1, 0.15) is 0 Å². The number of alkyl halides is 3. The summed E-state index contributed by atoms with van der Waals surface area (Å²) >= 11 is 0. The first kappa shape index (κ1) is 23.9. The van der Waals surface area contributed by atoms with E-state index in [0.29, 0.717) is 0 Å². The van der Waals surface area contributed by atoms with Gasteiger partial charge < -0.3 is 10.4 Å². The van der Waals surface area contributed by atoms with Gasteiger partial charge in [0.2, 0.25) is 0 Å². The van der Waals surface area contributed by atoms with E-state index in [0.717, 1.165) is 18.6 Å². The molecule has 0 fully saturated rings. The molecule has 2 N–H and O–H groups in total. The number of nitrogens with one attached hydrogen (secondary N) is 1. The van der Waals surface area contributed by atoms with Gasteiger partial charge >= 0.3 is 6.18 Å². The van der Waals surface area contributed by atoms with Gasteiger partial charge in [-0.25, -0.2) is 8.42 Å². The number of anilines is 1. The lowest BCUT2D eigenvalue weighted by Gasteiger charge is -2.23. The maximum absolute atomic E-state index is 13.0. The fourth-order valence-electron chi connectivity index (χ4n) is 2.85. The summed E-state index contributed by atoms with van der Waals surface area (Å²) in [6, 6.07) is 9.26. The molecule has 0 radical (unpaired) electrons. The van der Waals surface area contributed by atoms with E-state index in [2.05, 4.69) is 5.32 Å². The summed E-state index contributed by atoms with van der Waals surface area (Å²) in [5, 5.41) is 12.6. The molecule has 1 atom stereocenters. The fraction of sp³-hybridized carbons (Fsp3) is 0.381. The molecule has 0 aliphatic rings. The Balaban J connectivity index is 2.21. The third kappa shape index (κ3) is 5.60. The van der Waals surface area contributed by atoms with Gasteiger partial charge in [-0.05, 0) is 55.2 Å². The van der Waals surface area contributed by atoms with Crippen LogP contribution in [-0.4, -0.2) is 30.8 Å². The van der Waals surface area contributed by atoms with Crippen LogP contribution in [0.2, 0.25) is 0 Å². The van der Waals surface area contributed by atoms with E-state index >= 15 is 0 Å². The normalized spacial score (nSPS) is 14.4. The first-order valence-electron chi connectivity index (χ1n) is 9.18. The van der Waals surface area contributed by atoms with Crippen molar-refractivity contribution in [2.24, 2.45) is 0 Å². The molecule has 0 aromatic heterocycles. The molecule has 1 unspecified atom stereocenters. The molecule has 0 spiro atoms. The van der Waals surface area contributed by atoms with Crippen LogP contribution in [0.1, 0.15) is 43.4 Å². The Labute approximate surface area is 173 Å². The van der Waals surface area contributed by atoms with E-state index in [9.17, 15) is 31.5 Å². The number of sulfone groups is 1. The van der Waals surface area contributed by atoms with Gasteiger partial charge in [0.15, 0.2) is 15.4 Å². The van der Waals surface area contributed by atoms with Crippen LogP contribution in [0.15, 0.2) is 47.4 Å². The van der Waals surface area contributed by atoms with Crippen molar-refractivity contribution in [2.45, 2.75) is 50.3 Å². The Hall–Kier alpha value is -2.39. The summed E-state index contributed by atoms with van der Waals surface area (Å²) in [5.41, 5.74) is -2.59. The minimum absolute atomic E-state index is 0.0281. The first-order valence-corrected chi connectivity index (χ1v) is 10.8. The van der Waals surface area contributed by atoms with Gasteiger partial charge in [0.25, 0.3) is 5.91 Å². The number of halogens is 3. The highest BCUT2D eigenvalue weighted by Crippen LogP contribution is 2.33. The molecule has 5 nitrogen and oxygen atoms in total. The molecule has 0 bridgehead atoms. The maximum Gasteiger partial charge on any atom is 0.416 e. The van der Waals surface area contributed by atoms with Crippen LogP contribution in [0.25, 0.3) is 0 Å². The average Bonchev–Trinajstić information content (AvgIpc) is 2.61. The van der Waals surface area contributed by atoms with Crippen molar-refractivity contribution in [3.63, 3.8) is 0 Å². The van der Waals surface area contributed by atoms with Gasteiger partial charge in [-0.15, -0.1) is 0 Å². The summed E-state index contributed by atoms with van der Waals surface area (Å²) in [6.45, 7) is 6.19. The Morgan fingerprint density at radius 2 is 1.67 bits per heavy atom. The van der Waals surface area contributed by atoms with Crippen LogP contribution in [-0.2, 0) is 20.8 Å². The Morgan fingerprint density at radius 1 is 1.10 bits per heavy atom. The maximum atomic E-state index is 13.0. The van der Waals surface area contributed by atoms with Crippen molar-refractivity contribution in [3.8, 4) is 0 Å². The highest BCUT2D eigenvalue weighted by atomic mass is 32.2. The van der Waals surface area contributed by atoms with Crippen LogP contribution in [0.5, 0.6) is 0 Å². The van der Waals surface area contributed by atoms with E-state index in [1.165, 1.54) is 31.2 Å². The largest absolute Gasteiger partial charge is 0.416 e. The SMILES string of the molecule is Cc1ccc(NC(=O)C(C)(O)CS(=O)(=O)c2ccc(C(C)C)cc2)cc1C(F)(F)F. The quantitative estimate of drug-likeness (QED) is 0.697. The zero-order chi connectivity index (χ0) is 22.9. The summed E-state index contributed by atoms with van der Waals surface area (Å²) in [4.78, 5) is 12.4. The Kier molecular flexibility index (Phi) is 6.68. The molecule has 2 aromatic rings. The van der Waals surface area contributed by atoms with Crippen LogP contribution in [0, 0.1) is 6.92 Å². The molecular weight excluding hydrogens is 419 g/mol. The number of benzene rings is 2. The van der Waals surface area contributed by atoms with E-state index < -0.39 is 38.8 Å². The third-order valence-corrected chi connectivity index (χ3v) is 6.60. The highest BCUT2D eigenvalue weighted by molar-refractivity contribution is 7.91. The van der Waals surface area contributed by atoms with E-state index in [-0.39, 0.29) is 22.1 Å². The number of rotatable bonds is 6. The van der Waals surface area contributed by atoms with Crippen molar-refractivity contribution in [2.75, 3.05) is 11.1 Å². The summed E-state index contributed by atoms with van der Waals surface area (Å²) < 4.78 is 64.4. The third-order valence-electron chi connectivity index (χ3n) is 4.67. The van der Waals surface area contributed by atoms with Crippen molar-refractivity contribution in [3.05, 3.63) is 59.2 Å². The number of aryl methyl sites for hydroxylation is 1. The molecule has 0 heterocycles. The number of carbonyl (C=O) groups is 1.